The predicted octanol–water partition coefficient (Wildman–Crippen LogP) is 2.54. The van der Waals surface area contributed by atoms with Crippen LogP contribution < -0.4 is 5.32 Å². The van der Waals surface area contributed by atoms with Crippen LogP contribution in [0.2, 0.25) is 0 Å². The van der Waals surface area contributed by atoms with Crippen LogP contribution in [0.1, 0.15) is 11.6 Å². The van der Waals surface area contributed by atoms with E-state index in [1.807, 2.05) is 0 Å². The first-order chi connectivity index (χ1) is 11.0. The number of piperazine rings is 1. The van der Waals surface area contributed by atoms with Crippen LogP contribution >= 0.6 is 12.4 Å². The van der Waals surface area contributed by atoms with Gasteiger partial charge in [0.05, 0.1) is 0 Å². The number of halogens is 3. The first-order valence-corrected chi connectivity index (χ1v) is 7.68. The van der Waals surface area contributed by atoms with Crippen LogP contribution in [0.15, 0.2) is 36.4 Å². The number of nitrogens with zero attached hydrogens (tertiary/aromatic N) is 1. The normalized spacial score (nSPS) is 17.5. The molecule has 0 unspecified atom stereocenters. The molecule has 1 aliphatic heterocycles. The molecule has 3 rings (SSSR count). The minimum atomic E-state index is -3.27. The Kier molecular flexibility index (Phi) is 5.98. The summed E-state index contributed by atoms with van der Waals surface area (Å²) in [5, 5.41) is 23.5. The lowest BCUT2D eigenvalue weighted by atomic mass is 9.92. The van der Waals surface area contributed by atoms with E-state index in [0.717, 1.165) is 0 Å². The molecule has 0 aromatic heterocycles. The maximum atomic E-state index is 14.5. The van der Waals surface area contributed by atoms with Gasteiger partial charge in [0.1, 0.15) is 18.4 Å². The second-order valence-corrected chi connectivity index (χ2v) is 5.83. The van der Waals surface area contributed by atoms with Crippen molar-refractivity contribution in [2.45, 2.75) is 12.0 Å². The fourth-order valence-corrected chi connectivity index (χ4v) is 3.26. The number of phenols is 1. The van der Waals surface area contributed by atoms with Gasteiger partial charge >= 0.3 is 0 Å². The van der Waals surface area contributed by atoms with Crippen LogP contribution in [0.25, 0.3) is 10.8 Å². The summed E-state index contributed by atoms with van der Waals surface area (Å²) in [6, 6.07) is 8.72. The van der Waals surface area contributed by atoms with Gasteiger partial charge in [0.2, 0.25) is 0 Å². The van der Waals surface area contributed by atoms with Crippen LogP contribution in [0.3, 0.4) is 0 Å². The van der Waals surface area contributed by atoms with Gasteiger partial charge in [-0.1, -0.05) is 30.3 Å². The molecule has 132 valence electrons. The molecule has 1 fully saturated rings. The third kappa shape index (κ3) is 3.47. The molecular formula is C17H21ClF2N2O2. The minimum absolute atomic E-state index is 0. The van der Waals surface area contributed by atoms with Crippen LogP contribution in [0.4, 0.5) is 8.78 Å². The number of phenolic OH excluding ortho intramolecular Hbond substituents is 1. The Morgan fingerprint density at radius 1 is 1.08 bits per heavy atom. The number of rotatable bonds is 4. The fourth-order valence-electron chi connectivity index (χ4n) is 3.26. The molecule has 7 heteroatoms. The first-order valence-electron chi connectivity index (χ1n) is 7.68. The molecule has 1 atom stereocenters. The molecule has 0 bridgehead atoms. The van der Waals surface area contributed by atoms with Gasteiger partial charge in [-0.2, -0.15) is 0 Å². The topological polar surface area (TPSA) is 55.7 Å². The molecule has 0 aliphatic carbocycles. The highest BCUT2D eigenvalue weighted by atomic mass is 35.5. The van der Waals surface area contributed by atoms with Crippen molar-refractivity contribution in [2.75, 3.05) is 32.8 Å². The van der Waals surface area contributed by atoms with E-state index in [1.54, 1.807) is 29.2 Å². The van der Waals surface area contributed by atoms with E-state index in [1.165, 1.54) is 12.1 Å². The Morgan fingerprint density at radius 2 is 1.71 bits per heavy atom. The van der Waals surface area contributed by atoms with Crippen molar-refractivity contribution in [1.29, 1.82) is 0 Å². The third-order valence-electron chi connectivity index (χ3n) is 4.36. The zero-order chi connectivity index (χ0) is 16.4. The molecule has 0 amide bonds. The maximum Gasteiger partial charge on any atom is 0.289 e. The van der Waals surface area contributed by atoms with Gasteiger partial charge in [0, 0.05) is 31.6 Å². The number of hydrogen-bond acceptors (Lipinski definition) is 4. The number of benzene rings is 2. The SMILES string of the molecule is Cl.OCC(F)(F)[C@@H](c1ccc(O)c2ccccc12)N1CCNCC1. The van der Waals surface area contributed by atoms with Crippen LogP contribution in [0.5, 0.6) is 5.75 Å². The van der Waals surface area contributed by atoms with Crippen LogP contribution in [0, 0.1) is 0 Å². The van der Waals surface area contributed by atoms with E-state index < -0.39 is 18.6 Å². The summed E-state index contributed by atoms with van der Waals surface area (Å²) >= 11 is 0. The highest BCUT2D eigenvalue weighted by Crippen LogP contribution is 2.41. The van der Waals surface area contributed by atoms with E-state index in [9.17, 15) is 19.0 Å². The maximum absolute atomic E-state index is 14.5. The van der Waals surface area contributed by atoms with Gasteiger partial charge in [-0.3, -0.25) is 4.90 Å². The molecule has 1 aliphatic rings. The van der Waals surface area contributed by atoms with E-state index in [4.69, 9.17) is 0 Å². The summed E-state index contributed by atoms with van der Waals surface area (Å²) < 4.78 is 29.1. The van der Waals surface area contributed by atoms with Gasteiger partial charge in [0.25, 0.3) is 5.92 Å². The van der Waals surface area contributed by atoms with E-state index in [-0.39, 0.29) is 18.2 Å². The number of aliphatic hydroxyl groups excluding tert-OH is 1. The highest BCUT2D eigenvalue weighted by Gasteiger charge is 2.44. The molecule has 1 heterocycles. The number of aliphatic hydroxyl groups is 1. The Bertz CT molecular complexity index is 693. The molecule has 0 spiro atoms. The smallest absolute Gasteiger partial charge is 0.289 e. The monoisotopic (exact) mass is 358 g/mol. The standard InChI is InChI=1S/C17H20F2N2O2.ClH/c18-17(19,11-22)16(21-9-7-20-8-10-21)14-5-6-15(23)13-4-2-1-3-12(13)14;/h1-6,16,20,22-23H,7-11H2;1H/t16-;/m1./s1. The first kappa shape index (κ1) is 18.9. The summed E-state index contributed by atoms with van der Waals surface area (Å²) in [7, 11) is 0. The molecule has 1 saturated heterocycles. The summed E-state index contributed by atoms with van der Waals surface area (Å²) in [5.74, 6) is -3.20. The van der Waals surface area contributed by atoms with Crippen molar-refractivity contribution in [3.8, 4) is 5.75 Å². The zero-order valence-corrected chi connectivity index (χ0v) is 13.9. The zero-order valence-electron chi connectivity index (χ0n) is 13.1. The van der Waals surface area contributed by atoms with Gasteiger partial charge in [-0.15, -0.1) is 12.4 Å². The van der Waals surface area contributed by atoms with E-state index in [2.05, 4.69) is 5.32 Å². The molecular weight excluding hydrogens is 338 g/mol. The molecule has 2 aromatic carbocycles. The number of alkyl halides is 2. The largest absolute Gasteiger partial charge is 0.507 e. The van der Waals surface area contributed by atoms with Gasteiger partial charge in [0.15, 0.2) is 0 Å². The van der Waals surface area contributed by atoms with Crippen molar-refractivity contribution in [3.05, 3.63) is 42.0 Å². The quantitative estimate of drug-likeness (QED) is 0.786. The molecule has 0 saturated carbocycles. The van der Waals surface area contributed by atoms with Crippen LogP contribution in [-0.2, 0) is 0 Å². The van der Waals surface area contributed by atoms with Crippen molar-refractivity contribution in [2.24, 2.45) is 0 Å². The highest BCUT2D eigenvalue weighted by molar-refractivity contribution is 5.91. The van der Waals surface area contributed by atoms with Gasteiger partial charge in [-0.05, 0) is 17.0 Å². The lowest BCUT2D eigenvalue weighted by molar-refractivity contribution is -0.118. The number of nitrogens with one attached hydrogen (secondary N) is 1. The van der Waals surface area contributed by atoms with Crippen molar-refractivity contribution in [3.63, 3.8) is 0 Å². The van der Waals surface area contributed by atoms with Crippen molar-refractivity contribution >= 4 is 23.2 Å². The summed E-state index contributed by atoms with van der Waals surface area (Å²) in [5.41, 5.74) is 0.430. The lowest BCUT2D eigenvalue weighted by Gasteiger charge is -2.39. The molecule has 2 aromatic rings. The number of fused-ring (bicyclic) bond motifs is 1. The molecule has 3 N–H and O–H groups in total. The van der Waals surface area contributed by atoms with Crippen molar-refractivity contribution < 1.29 is 19.0 Å². The molecule has 24 heavy (non-hydrogen) atoms. The molecule has 0 radical (unpaired) electrons. The Balaban J connectivity index is 0.00000208. The minimum Gasteiger partial charge on any atom is -0.507 e. The average molecular weight is 359 g/mol. The van der Waals surface area contributed by atoms with Gasteiger partial charge < -0.3 is 15.5 Å². The van der Waals surface area contributed by atoms with E-state index >= 15 is 0 Å². The van der Waals surface area contributed by atoms with Crippen LogP contribution in [-0.4, -0.2) is 53.8 Å². The number of aromatic hydroxyl groups is 1. The Labute approximate surface area is 145 Å². The Hall–Kier alpha value is -1.47. The summed E-state index contributed by atoms with van der Waals surface area (Å²) in [6.45, 7) is 1.02. The van der Waals surface area contributed by atoms with Crippen molar-refractivity contribution in [1.82, 2.24) is 10.2 Å². The van der Waals surface area contributed by atoms with Gasteiger partial charge in [-0.25, -0.2) is 8.78 Å². The Morgan fingerprint density at radius 3 is 2.33 bits per heavy atom. The number of hydrogen-bond donors (Lipinski definition) is 3. The third-order valence-corrected chi connectivity index (χ3v) is 4.36. The summed E-state index contributed by atoms with van der Waals surface area (Å²) in [4.78, 5) is 1.70. The fraction of sp³-hybridized carbons (Fsp3) is 0.412. The lowest BCUT2D eigenvalue weighted by Crippen LogP contribution is -2.51. The molecule has 4 nitrogen and oxygen atoms in total. The van der Waals surface area contributed by atoms with E-state index in [0.29, 0.717) is 42.5 Å². The second-order valence-electron chi connectivity index (χ2n) is 5.83. The predicted molar refractivity (Wildman–Crippen MR) is 92.1 cm³/mol. The average Bonchev–Trinajstić information content (AvgIpc) is 2.58. The summed E-state index contributed by atoms with van der Waals surface area (Å²) in [6.07, 6.45) is 0. The second kappa shape index (κ2) is 7.61.